The van der Waals surface area contributed by atoms with Crippen LogP contribution >= 0.6 is 11.8 Å². The first kappa shape index (κ1) is 16.2. The van der Waals surface area contributed by atoms with Gasteiger partial charge in [0.15, 0.2) is 0 Å². The van der Waals surface area contributed by atoms with Crippen LogP contribution in [0, 0.1) is 0 Å². The Morgan fingerprint density at radius 3 is 2.53 bits per heavy atom. The highest BCUT2D eigenvalue weighted by atomic mass is 32.2. The molecule has 0 saturated carbocycles. The van der Waals surface area contributed by atoms with Crippen LogP contribution in [0.1, 0.15) is 33.6 Å². The van der Waals surface area contributed by atoms with Gasteiger partial charge in [0.25, 0.3) is 0 Å². The zero-order chi connectivity index (χ0) is 13.5. The molecule has 0 aliphatic heterocycles. The van der Waals surface area contributed by atoms with Crippen LogP contribution in [0.2, 0.25) is 0 Å². The van der Waals surface area contributed by atoms with Gasteiger partial charge in [0.2, 0.25) is 5.91 Å². The molecule has 0 radical (unpaired) electrons. The fourth-order valence-corrected chi connectivity index (χ4v) is 1.98. The predicted molar refractivity (Wildman–Crippen MR) is 70.1 cm³/mol. The van der Waals surface area contributed by atoms with Gasteiger partial charge in [-0.25, -0.2) is 0 Å². The number of aliphatic carboxylic acids is 1. The highest BCUT2D eigenvalue weighted by molar-refractivity contribution is 8.01. The van der Waals surface area contributed by atoms with Gasteiger partial charge in [0, 0.05) is 11.3 Å². The summed E-state index contributed by atoms with van der Waals surface area (Å²) < 4.78 is -0.659. The summed E-state index contributed by atoms with van der Waals surface area (Å²) in [5.41, 5.74) is 5.55. The summed E-state index contributed by atoms with van der Waals surface area (Å²) in [6.45, 7) is 6.18. The molecule has 0 rings (SSSR count). The maximum Gasteiger partial charge on any atom is 0.321 e. The zero-order valence-corrected chi connectivity index (χ0v) is 11.5. The number of carbonyl (C=O) groups excluding carboxylic acids is 1. The van der Waals surface area contributed by atoms with Crippen molar-refractivity contribution in [1.82, 2.24) is 5.32 Å². The molecule has 1 atom stereocenters. The van der Waals surface area contributed by atoms with E-state index in [9.17, 15) is 9.59 Å². The molecule has 0 aromatic carbocycles. The second kappa shape index (κ2) is 7.55. The first-order valence-electron chi connectivity index (χ1n) is 5.70. The standard InChI is InChI=1S/C11H22N2O3S/c1-4-5-6-13-8(14)7-17-11(2,3)9(12)10(15)16/h9H,4-7,12H2,1-3H3,(H,13,14)(H,15,16)/t9-/m1/s1. The fourth-order valence-electron chi connectivity index (χ4n) is 1.09. The van der Waals surface area contributed by atoms with Gasteiger partial charge >= 0.3 is 5.97 Å². The third-order valence-electron chi connectivity index (χ3n) is 2.44. The van der Waals surface area contributed by atoms with Crippen molar-refractivity contribution >= 4 is 23.6 Å². The molecule has 0 aromatic heterocycles. The molecule has 5 nitrogen and oxygen atoms in total. The summed E-state index contributed by atoms with van der Waals surface area (Å²) in [5, 5.41) is 11.6. The largest absolute Gasteiger partial charge is 0.480 e. The third-order valence-corrected chi connectivity index (χ3v) is 3.85. The molecule has 0 unspecified atom stereocenters. The molecule has 17 heavy (non-hydrogen) atoms. The van der Waals surface area contributed by atoms with Crippen molar-refractivity contribution in [3.05, 3.63) is 0 Å². The molecule has 6 heteroatoms. The lowest BCUT2D eigenvalue weighted by Gasteiger charge is -2.27. The van der Waals surface area contributed by atoms with Crippen molar-refractivity contribution in [2.24, 2.45) is 5.73 Å². The van der Waals surface area contributed by atoms with Crippen molar-refractivity contribution < 1.29 is 14.7 Å². The number of unbranched alkanes of at least 4 members (excludes halogenated alkanes) is 1. The maximum atomic E-state index is 11.4. The number of nitrogens with one attached hydrogen (secondary N) is 1. The number of thioether (sulfide) groups is 1. The van der Waals surface area contributed by atoms with E-state index in [-0.39, 0.29) is 11.7 Å². The van der Waals surface area contributed by atoms with E-state index in [1.807, 2.05) is 0 Å². The lowest BCUT2D eigenvalue weighted by Crippen LogP contribution is -2.47. The predicted octanol–water partition coefficient (Wildman–Crippen LogP) is 0.826. The Hall–Kier alpha value is -0.750. The molecular weight excluding hydrogens is 240 g/mol. The summed E-state index contributed by atoms with van der Waals surface area (Å²) in [4.78, 5) is 22.2. The van der Waals surface area contributed by atoms with Gasteiger partial charge in [-0.1, -0.05) is 13.3 Å². The fraction of sp³-hybridized carbons (Fsp3) is 0.818. The highest BCUT2D eigenvalue weighted by Crippen LogP contribution is 2.27. The van der Waals surface area contributed by atoms with E-state index in [2.05, 4.69) is 12.2 Å². The molecule has 0 fully saturated rings. The second-order valence-electron chi connectivity index (χ2n) is 4.41. The van der Waals surface area contributed by atoms with Gasteiger partial charge in [0.05, 0.1) is 5.75 Å². The normalized spacial score (nSPS) is 13.2. The lowest BCUT2D eigenvalue weighted by atomic mass is 10.1. The van der Waals surface area contributed by atoms with Crippen LogP contribution < -0.4 is 11.1 Å². The molecule has 0 heterocycles. The second-order valence-corrected chi connectivity index (χ2v) is 6.04. The molecule has 0 saturated heterocycles. The highest BCUT2D eigenvalue weighted by Gasteiger charge is 2.32. The molecule has 0 aliphatic rings. The first-order valence-corrected chi connectivity index (χ1v) is 6.69. The Bertz CT molecular complexity index is 269. The van der Waals surface area contributed by atoms with E-state index in [1.54, 1.807) is 13.8 Å². The lowest BCUT2D eigenvalue weighted by molar-refractivity contribution is -0.139. The number of nitrogens with two attached hydrogens (primary N) is 1. The van der Waals surface area contributed by atoms with Crippen LogP contribution in [-0.4, -0.2) is 40.1 Å². The Morgan fingerprint density at radius 2 is 2.06 bits per heavy atom. The van der Waals surface area contributed by atoms with Crippen molar-refractivity contribution in [3.63, 3.8) is 0 Å². The minimum absolute atomic E-state index is 0.0749. The van der Waals surface area contributed by atoms with E-state index in [0.29, 0.717) is 6.54 Å². The average molecular weight is 262 g/mol. The van der Waals surface area contributed by atoms with Crippen LogP contribution in [0.15, 0.2) is 0 Å². The van der Waals surface area contributed by atoms with Gasteiger partial charge in [-0.3, -0.25) is 9.59 Å². The minimum Gasteiger partial charge on any atom is -0.480 e. The third kappa shape index (κ3) is 6.53. The van der Waals surface area contributed by atoms with Gasteiger partial charge < -0.3 is 16.2 Å². The van der Waals surface area contributed by atoms with Crippen molar-refractivity contribution in [1.29, 1.82) is 0 Å². The van der Waals surface area contributed by atoms with Crippen LogP contribution in [0.25, 0.3) is 0 Å². The first-order chi connectivity index (χ1) is 7.81. The smallest absolute Gasteiger partial charge is 0.321 e. The van der Waals surface area contributed by atoms with E-state index >= 15 is 0 Å². The molecule has 1 amide bonds. The van der Waals surface area contributed by atoms with Crippen molar-refractivity contribution in [2.75, 3.05) is 12.3 Å². The van der Waals surface area contributed by atoms with Crippen molar-refractivity contribution in [2.45, 2.75) is 44.4 Å². The van der Waals surface area contributed by atoms with Gasteiger partial charge in [0.1, 0.15) is 6.04 Å². The van der Waals surface area contributed by atoms with Gasteiger partial charge in [-0.2, -0.15) is 0 Å². The Morgan fingerprint density at radius 1 is 1.47 bits per heavy atom. The van der Waals surface area contributed by atoms with E-state index in [1.165, 1.54) is 11.8 Å². The van der Waals surface area contributed by atoms with Crippen LogP contribution in [0.5, 0.6) is 0 Å². The summed E-state index contributed by atoms with van der Waals surface area (Å²) >= 11 is 1.26. The zero-order valence-electron chi connectivity index (χ0n) is 10.7. The van der Waals surface area contributed by atoms with Gasteiger partial charge in [-0.05, 0) is 20.3 Å². The number of rotatable bonds is 8. The quantitative estimate of drug-likeness (QED) is 0.563. The number of carbonyl (C=O) groups is 2. The van der Waals surface area contributed by atoms with E-state index in [0.717, 1.165) is 12.8 Å². The Kier molecular flexibility index (Phi) is 7.22. The number of hydrogen-bond donors (Lipinski definition) is 3. The van der Waals surface area contributed by atoms with Crippen LogP contribution in [-0.2, 0) is 9.59 Å². The van der Waals surface area contributed by atoms with Crippen LogP contribution in [0.3, 0.4) is 0 Å². The molecule has 100 valence electrons. The summed E-state index contributed by atoms with van der Waals surface area (Å²) in [7, 11) is 0. The number of carboxylic acids is 1. The van der Waals surface area contributed by atoms with E-state index < -0.39 is 16.8 Å². The molecule has 0 aliphatic carbocycles. The van der Waals surface area contributed by atoms with Crippen LogP contribution in [0.4, 0.5) is 0 Å². The molecule has 0 spiro atoms. The molecule has 0 aromatic rings. The number of carboxylic acid groups (broad SMARTS) is 1. The van der Waals surface area contributed by atoms with Gasteiger partial charge in [-0.15, -0.1) is 11.8 Å². The number of hydrogen-bond acceptors (Lipinski definition) is 4. The SMILES string of the molecule is CCCCNC(=O)CSC(C)(C)[C@H](N)C(=O)O. The Balaban J connectivity index is 4.00. The average Bonchev–Trinajstić information content (AvgIpc) is 2.25. The maximum absolute atomic E-state index is 11.4. The molecule has 4 N–H and O–H groups in total. The topological polar surface area (TPSA) is 92.4 Å². The molecular formula is C11H22N2O3S. The summed E-state index contributed by atoms with van der Waals surface area (Å²) in [5.74, 6) is -0.888. The summed E-state index contributed by atoms with van der Waals surface area (Å²) in [6, 6.07) is -0.976. The monoisotopic (exact) mass is 262 g/mol. The van der Waals surface area contributed by atoms with Crippen molar-refractivity contribution in [3.8, 4) is 0 Å². The minimum atomic E-state index is -1.05. The number of amides is 1. The molecule has 0 bridgehead atoms. The summed E-state index contributed by atoms with van der Waals surface area (Å²) in [6.07, 6.45) is 1.98. The van der Waals surface area contributed by atoms with E-state index in [4.69, 9.17) is 10.8 Å². The Labute approximate surface area is 107 Å².